The van der Waals surface area contributed by atoms with Gasteiger partial charge in [-0.1, -0.05) is 97.1 Å². The molecule has 0 N–H and O–H groups in total. The zero-order valence-electron chi connectivity index (χ0n) is 28.1. The fraction of sp³-hybridized carbons (Fsp3) is 0. The van der Waals surface area contributed by atoms with E-state index in [2.05, 4.69) is 179 Å². The maximum Gasteiger partial charge on any atom is 0.0735 e. The van der Waals surface area contributed by atoms with Gasteiger partial charge in [0, 0.05) is 44.5 Å². The number of aromatic nitrogens is 3. The van der Waals surface area contributed by atoms with Gasteiger partial charge in [0.2, 0.25) is 0 Å². The van der Waals surface area contributed by atoms with Gasteiger partial charge in [-0.2, -0.15) is 0 Å². The first-order chi connectivity index (χ1) is 25.8. The molecule has 0 bridgehead atoms. The van der Waals surface area contributed by atoms with E-state index in [0.717, 1.165) is 11.2 Å². The third-order valence-electron chi connectivity index (χ3n) is 11.2. The summed E-state index contributed by atoms with van der Waals surface area (Å²) in [4.78, 5) is 4.88. The molecule has 0 radical (unpaired) electrons. The summed E-state index contributed by atoms with van der Waals surface area (Å²) in [5.74, 6) is 0. The molecule has 52 heavy (non-hydrogen) atoms. The molecule has 0 unspecified atom stereocenters. The lowest BCUT2D eigenvalue weighted by molar-refractivity contribution is 1.18. The van der Waals surface area contributed by atoms with E-state index in [-0.39, 0.29) is 0 Å². The Balaban J connectivity index is 1.08. The largest absolute Gasteiger partial charge is 0.309 e. The fourth-order valence-electron chi connectivity index (χ4n) is 8.96. The molecule has 3 aromatic heterocycles. The molecular weight excluding hydrogens is 631 g/mol. The monoisotopic (exact) mass is 659 g/mol. The molecule has 0 amide bonds. The highest BCUT2D eigenvalue weighted by molar-refractivity contribution is 6.17. The predicted octanol–water partition coefficient (Wildman–Crippen LogP) is 12.9. The van der Waals surface area contributed by atoms with Gasteiger partial charge in [0.15, 0.2) is 0 Å². The van der Waals surface area contributed by atoms with Gasteiger partial charge in [-0.25, -0.2) is 0 Å². The van der Waals surface area contributed by atoms with Gasteiger partial charge in [0.1, 0.15) is 0 Å². The van der Waals surface area contributed by atoms with Crippen LogP contribution in [-0.4, -0.2) is 14.1 Å². The van der Waals surface area contributed by atoms with Crippen molar-refractivity contribution in [1.82, 2.24) is 14.1 Å². The molecule has 0 atom stereocenters. The quantitative estimate of drug-likeness (QED) is 0.185. The summed E-state index contributed by atoms with van der Waals surface area (Å²) >= 11 is 0. The molecule has 0 fully saturated rings. The van der Waals surface area contributed by atoms with Gasteiger partial charge in [0.25, 0.3) is 0 Å². The van der Waals surface area contributed by atoms with Crippen molar-refractivity contribution in [1.29, 1.82) is 0 Å². The summed E-state index contributed by atoms with van der Waals surface area (Å²) in [5.41, 5.74) is 15.6. The minimum atomic E-state index is 1.03. The van der Waals surface area contributed by atoms with E-state index in [1.165, 1.54) is 98.8 Å². The van der Waals surface area contributed by atoms with Crippen LogP contribution in [0.5, 0.6) is 0 Å². The molecule has 0 saturated heterocycles. The summed E-state index contributed by atoms with van der Waals surface area (Å²) < 4.78 is 4.82. The maximum absolute atomic E-state index is 4.88. The Morgan fingerprint density at radius 3 is 1.73 bits per heavy atom. The first-order valence-electron chi connectivity index (χ1n) is 17.9. The second-order valence-corrected chi connectivity index (χ2v) is 14.0. The minimum Gasteiger partial charge on any atom is -0.309 e. The van der Waals surface area contributed by atoms with Gasteiger partial charge in [-0.15, -0.1) is 0 Å². The van der Waals surface area contributed by atoms with Gasteiger partial charge in [0.05, 0.1) is 27.6 Å². The molecule has 3 heteroatoms. The van der Waals surface area contributed by atoms with Crippen molar-refractivity contribution in [2.75, 3.05) is 0 Å². The highest BCUT2D eigenvalue weighted by atomic mass is 15.0. The Morgan fingerprint density at radius 2 is 0.942 bits per heavy atom. The van der Waals surface area contributed by atoms with Crippen LogP contribution >= 0.6 is 0 Å². The molecule has 8 aromatic carbocycles. The number of rotatable bonds is 3. The van der Waals surface area contributed by atoms with Gasteiger partial charge >= 0.3 is 0 Å². The lowest BCUT2D eigenvalue weighted by atomic mass is 10.00. The Labute approximate surface area is 299 Å². The first kappa shape index (κ1) is 27.8. The number of benzene rings is 8. The molecule has 1 aliphatic rings. The molecule has 1 aliphatic carbocycles. The lowest BCUT2D eigenvalue weighted by Crippen LogP contribution is -1.95. The van der Waals surface area contributed by atoms with Crippen molar-refractivity contribution in [2.24, 2.45) is 0 Å². The van der Waals surface area contributed by atoms with E-state index >= 15 is 0 Å². The summed E-state index contributed by atoms with van der Waals surface area (Å²) in [6, 6.07) is 62.3. The molecule has 3 nitrogen and oxygen atoms in total. The van der Waals surface area contributed by atoms with E-state index in [1.807, 2.05) is 6.20 Å². The van der Waals surface area contributed by atoms with Crippen LogP contribution in [0.25, 0.3) is 110 Å². The highest BCUT2D eigenvalue weighted by Crippen LogP contribution is 2.48. The molecule has 12 rings (SSSR count). The van der Waals surface area contributed by atoms with Crippen LogP contribution in [0.3, 0.4) is 0 Å². The molecular formula is C49H29N3. The Kier molecular flexibility index (Phi) is 5.50. The third-order valence-corrected chi connectivity index (χ3v) is 11.2. The van der Waals surface area contributed by atoms with Crippen molar-refractivity contribution >= 4 is 65.3 Å². The van der Waals surface area contributed by atoms with Crippen LogP contribution in [0.2, 0.25) is 0 Å². The van der Waals surface area contributed by atoms with Crippen molar-refractivity contribution in [3.05, 3.63) is 176 Å². The topological polar surface area (TPSA) is 22.8 Å². The number of nitrogens with zero attached hydrogens (tertiary/aromatic N) is 3. The van der Waals surface area contributed by atoms with Gasteiger partial charge in [-0.05, 0) is 117 Å². The average Bonchev–Trinajstić information content (AvgIpc) is 3.83. The molecule has 0 spiro atoms. The Morgan fingerprint density at radius 1 is 0.346 bits per heavy atom. The summed E-state index contributed by atoms with van der Waals surface area (Å²) in [7, 11) is 0. The smallest absolute Gasteiger partial charge is 0.0735 e. The Bertz CT molecular complexity index is 3290. The van der Waals surface area contributed by atoms with Crippen LogP contribution in [-0.2, 0) is 0 Å². The second-order valence-electron chi connectivity index (χ2n) is 14.0. The van der Waals surface area contributed by atoms with Crippen molar-refractivity contribution in [3.8, 4) is 44.8 Å². The zero-order valence-corrected chi connectivity index (χ0v) is 28.1. The van der Waals surface area contributed by atoms with Crippen LogP contribution < -0.4 is 0 Å². The highest BCUT2D eigenvalue weighted by Gasteiger charge is 2.24. The van der Waals surface area contributed by atoms with E-state index in [9.17, 15) is 0 Å². The van der Waals surface area contributed by atoms with Crippen LogP contribution in [0, 0.1) is 0 Å². The van der Waals surface area contributed by atoms with Gasteiger partial charge < -0.3 is 9.13 Å². The number of fused-ring (bicyclic) bond motifs is 10. The van der Waals surface area contributed by atoms with Crippen LogP contribution in [0.4, 0.5) is 0 Å². The first-order valence-corrected chi connectivity index (χ1v) is 17.9. The summed E-state index contributed by atoms with van der Waals surface area (Å²) in [6.45, 7) is 0. The second kappa shape index (κ2) is 10.3. The fourth-order valence-corrected chi connectivity index (χ4v) is 8.96. The predicted molar refractivity (Wildman–Crippen MR) is 218 cm³/mol. The number of hydrogen-bond acceptors (Lipinski definition) is 1. The van der Waals surface area contributed by atoms with E-state index in [4.69, 9.17) is 4.98 Å². The van der Waals surface area contributed by atoms with Crippen molar-refractivity contribution in [2.45, 2.75) is 0 Å². The third kappa shape index (κ3) is 3.77. The van der Waals surface area contributed by atoms with Crippen molar-refractivity contribution < 1.29 is 0 Å². The standard InChI is InChI=1S/C49H29N3/c1-2-12-34(13-3-1)51-47-21-19-33(26-41(47)42-24-30-10-4-5-11-31(30)27-48(42)51)32-18-20-46-40(25-32)38-16-8-9-17-45(38)52(46)35-28-43-37-15-7-6-14-36(37)39-22-23-50-44(29-35)49(39)43/h1-29H. The number of pyridine rings is 1. The van der Waals surface area contributed by atoms with E-state index < -0.39 is 0 Å². The molecule has 3 heterocycles. The minimum absolute atomic E-state index is 1.03. The van der Waals surface area contributed by atoms with Gasteiger partial charge in [-0.3, -0.25) is 4.98 Å². The number of para-hydroxylation sites is 2. The molecule has 240 valence electrons. The molecule has 0 saturated carbocycles. The Hall–Kier alpha value is -6.97. The summed E-state index contributed by atoms with van der Waals surface area (Å²) in [5, 5.41) is 8.75. The van der Waals surface area contributed by atoms with E-state index in [1.54, 1.807) is 0 Å². The normalized spacial score (nSPS) is 12.2. The SMILES string of the molecule is c1ccc(-n2c3ccc(-c4ccc5c(c4)c4ccccc4n5-c4cc5c6c(ccnc6c4)-c4ccccc4-5)cc3c3cc4ccccc4cc32)cc1. The van der Waals surface area contributed by atoms with Crippen LogP contribution in [0.1, 0.15) is 0 Å². The average molecular weight is 660 g/mol. The molecule has 0 aliphatic heterocycles. The van der Waals surface area contributed by atoms with E-state index in [0.29, 0.717) is 0 Å². The zero-order chi connectivity index (χ0) is 33.9. The van der Waals surface area contributed by atoms with Crippen LogP contribution in [0.15, 0.2) is 176 Å². The lowest BCUT2D eigenvalue weighted by Gasteiger charge is -2.12. The molecule has 11 aromatic rings. The van der Waals surface area contributed by atoms with Crippen molar-refractivity contribution in [3.63, 3.8) is 0 Å². The number of hydrogen-bond donors (Lipinski definition) is 0. The summed E-state index contributed by atoms with van der Waals surface area (Å²) in [6.07, 6.45) is 1.95. The maximum atomic E-state index is 4.88.